The van der Waals surface area contributed by atoms with Gasteiger partial charge in [-0.3, -0.25) is 13.7 Å². The number of hydrogen-bond acceptors (Lipinski definition) is 2. The summed E-state index contributed by atoms with van der Waals surface area (Å²) < 4.78 is 182. The SMILES string of the molecule is [2H]c1c([2H])c([2H])c(-c2cccc(-c3c([2H])c([2H])c([2H])c([2H])c3[2H])c2-[n+]2[c-]n(-c3cccc(Oc4ccc5c6cc(-n7c8c([2H])c([2H])c([2H])c([2H])c8c8c([2H])c([2H])c([2H])c([2H])c87)ccc6n(-c6cc(C([2H])(C)C(C)(C)C)ccn6)c5c4)c3)c3ccccc32)c([2H])c1[2H]. The van der Waals surface area contributed by atoms with E-state index in [1.807, 2.05) is 68.7 Å². The minimum Gasteiger partial charge on any atom is -0.458 e. The molecule has 346 valence electrons. The highest BCUT2D eigenvalue weighted by atomic mass is 16.5. The molecule has 13 rings (SSSR count). The summed E-state index contributed by atoms with van der Waals surface area (Å²) in [5, 5.41) is 1.19. The molecule has 0 N–H and O–H groups in total. The second-order valence-electron chi connectivity index (χ2n) is 18.3. The summed E-state index contributed by atoms with van der Waals surface area (Å²) in [6, 6.07) is 23.6. The zero-order valence-corrected chi connectivity index (χ0v) is 39.2. The Bertz CT molecular complexity index is 5130. The molecule has 0 bridgehead atoms. The maximum atomic E-state index is 9.58. The molecular formula is C66H51N5O. The van der Waals surface area contributed by atoms with Gasteiger partial charge in [-0.05, 0) is 112 Å². The van der Waals surface area contributed by atoms with Crippen LogP contribution >= 0.6 is 0 Å². The van der Waals surface area contributed by atoms with Crippen LogP contribution in [-0.4, -0.2) is 18.7 Å². The summed E-state index contributed by atoms with van der Waals surface area (Å²) in [5.41, 5.74) is 3.13. The number of imidazole rings is 1. The fourth-order valence-electron chi connectivity index (χ4n) is 9.52. The van der Waals surface area contributed by atoms with Crippen LogP contribution in [0.25, 0.3) is 99.8 Å². The minimum absolute atomic E-state index is 0.0307. The van der Waals surface area contributed by atoms with Crippen LogP contribution in [0.4, 0.5) is 0 Å². The molecule has 0 aliphatic carbocycles. The molecule has 0 aliphatic heterocycles. The van der Waals surface area contributed by atoms with Crippen molar-refractivity contribution in [3.8, 4) is 56.6 Å². The van der Waals surface area contributed by atoms with Gasteiger partial charge in [0.1, 0.15) is 17.3 Å². The van der Waals surface area contributed by atoms with Gasteiger partial charge in [0.15, 0.2) is 0 Å². The Hall–Kier alpha value is -9.00. The van der Waals surface area contributed by atoms with Crippen molar-refractivity contribution in [3.63, 3.8) is 0 Å². The van der Waals surface area contributed by atoms with Crippen LogP contribution in [0, 0.1) is 11.7 Å². The van der Waals surface area contributed by atoms with Crippen molar-refractivity contribution in [2.24, 2.45) is 5.41 Å². The van der Waals surface area contributed by atoms with E-state index in [1.165, 1.54) is 10.6 Å². The van der Waals surface area contributed by atoms with E-state index in [0.717, 1.165) is 0 Å². The lowest BCUT2D eigenvalue weighted by Crippen LogP contribution is -2.31. The molecular weight excluding hydrogens is 879 g/mol. The van der Waals surface area contributed by atoms with Crippen molar-refractivity contribution < 1.29 is 35.3 Å². The third-order valence-corrected chi connectivity index (χ3v) is 13.2. The maximum Gasteiger partial charge on any atom is 0.269 e. The molecule has 6 nitrogen and oxygen atoms in total. The second kappa shape index (κ2) is 17.1. The number of nitrogens with zero attached hydrogens (tertiary/aromatic N) is 5. The van der Waals surface area contributed by atoms with Crippen molar-refractivity contribution in [3.05, 3.63) is 242 Å². The van der Waals surface area contributed by atoms with Gasteiger partial charge in [-0.1, -0.05) is 173 Å². The van der Waals surface area contributed by atoms with Crippen molar-refractivity contribution in [2.75, 3.05) is 0 Å². The number of ether oxygens (including phenoxy) is 1. The standard InChI is InChI=1S/C66H51N5O/c1-44(66(2,3)4)47-37-38-67-64(39-47)71-60-36-33-49(70-58-29-13-11-25-54(58)55-26-12-14-30-59(55)70)41-57(60)56-35-34-51(42-63(56)71)72-50-24-17-23-48(40-50)68-43-69(62-32-16-15-31-61(62)68)65-52(45-19-7-5-8-20-45)27-18-28-53(65)46-21-9-6-10-22-46/h5-42,44H,1-4H3/i5D,6D,7D,8D,9D,10D,11D,12D,13D,14D,19D,20D,21D,22D,25D,26D,29D,30D,44D. The lowest BCUT2D eigenvalue weighted by molar-refractivity contribution is -0.571. The van der Waals surface area contributed by atoms with Gasteiger partial charge >= 0.3 is 0 Å². The average molecular weight is 949 g/mol. The third kappa shape index (κ3) is 7.25. The van der Waals surface area contributed by atoms with Crippen molar-refractivity contribution >= 4 is 54.6 Å². The highest BCUT2D eigenvalue weighted by molar-refractivity contribution is 6.12. The van der Waals surface area contributed by atoms with Gasteiger partial charge in [0.25, 0.3) is 6.33 Å². The molecule has 6 heteroatoms. The topological polar surface area (TPSA) is 40.8 Å². The Morgan fingerprint density at radius 1 is 0.542 bits per heavy atom. The minimum atomic E-state index is -1.09. The third-order valence-electron chi connectivity index (χ3n) is 13.2. The predicted octanol–water partition coefficient (Wildman–Crippen LogP) is 16.6. The molecule has 0 aliphatic rings. The molecule has 1 unspecified atom stereocenters. The van der Waals surface area contributed by atoms with Crippen LogP contribution in [0.2, 0.25) is 0 Å². The normalized spacial score (nSPS) is 16.5. The van der Waals surface area contributed by atoms with Crippen LogP contribution in [0.5, 0.6) is 11.5 Å². The number of hydrogen-bond donors (Lipinski definition) is 0. The molecule has 1 atom stereocenters. The van der Waals surface area contributed by atoms with Gasteiger partial charge in [-0.2, -0.15) is 0 Å². The highest BCUT2D eigenvalue weighted by Gasteiger charge is 2.24. The predicted molar refractivity (Wildman–Crippen MR) is 295 cm³/mol. The molecule has 0 amide bonds. The number of fused-ring (bicyclic) bond motifs is 7. The lowest BCUT2D eigenvalue weighted by Gasteiger charge is -2.27. The van der Waals surface area contributed by atoms with Gasteiger partial charge in [-0.15, -0.1) is 0 Å². The van der Waals surface area contributed by atoms with E-state index in [9.17, 15) is 4.11 Å². The number of aromatic nitrogens is 5. The number of pyridine rings is 1. The maximum absolute atomic E-state index is 9.58. The second-order valence-corrected chi connectivity index (χ2v) is 18.3. The van der Waals surface area contributed by atoms with Gasteiger partial charge in [0.05, 0.1) is 69.1 Å². The Balaban J connectivity index is 0.996. The highest BCUT2D eigenvalue weighted by Crippen LogP contribution is 2.41. The van der Waals surface area contributed by atoms with Crippen molar-refractivity contribution in [1.82, 2.24) is 18.7 Å². The molecule has 0 saturated heterocycles. The smallest absolute Gasteiger partial charge is 0.269 e. The number of rotatable bonds is 9. The van der Waals surface area contributed by atoms with E-state index in [-0.39, 0.29) is 49.7 Å². The molecule has 4 aromatic heterocycles. The summed E-state index contributed by atoms with van der Waals surface area (Å²) in [6.07, 6.45) is 5.06. The lowest BCUT2D eigenvalue weighted by atomic mass is 9.78. The fraction of sp³-hybridized carbons (Fsp3) is 0.0909. The Kier molecular flexibility index (Phi) is 6.53. The van der Waals surface area contributed by atoms with Gasteiger partial charge < -0.3 is 9.30 Å². The van der Waals surface area contributed by atoms with Crippen LogP contribution < -0.4 is 9.30 Å². The van der Waals surface area contributed by atoms with Crippen LogP contribution in [0.15, 0.2) is 230 Å². The zero-order valence-electron chi connectivity index (χ0n) is 58.2. The molecule has 72 heavy (non-hydrogen) atoms. The Labute approximate surface area is 445 Å². The average Bonchev–Trinajstić information content (AvgIpc) is 1.64. The monoisotopic (exact) mass is 949 g/mol. The van der Waals surface area contributed by atoms with E-state index in [1.54, 1.807) is 88.1 Å². The largest absolute Gasteiger partial charge is 0.458 e. The fourth-order valence-corrected chi connectivity index (χ4v) is 9.52. The van der Waals surface area contributed by atoms with Crippen molar-refractivity contribution in [1.29, 1.82) is 0 Å². The number of para-hydroxylation sites is 5. The first-order valence-corrected chi connectivity index (χ1v) is 23.1. The molecule has 0 fully saturated rings. The summed E-state index contributed by atoms with van der Waals surface area (Å²) in [7, 11) is 0. The quantitative estimate of drug-likeness (QED) is 0.107. The number of benzene rings is 9. The van der Waals surface area contributed by atoms with Crippen LogP contribution in [0.3, 0.4) is 0 Å². The first-order chi connectivity index (χ1) is 43.1. The van der Waals surface area contributed by atoms with Gasteiger partial charge in [0.2, 0.25) is 0 Å². The van der Waals surface area contributed by atoms with E-state index in [4.69, 9.17) is 31.7 Å². The van der Waals surface area contributed by atoms with Crippen LogP contribution in [-0.2, 0) is 0 Å². The van der Waals surface area contributed by atoms with Gasteiger partial charge in [0, 0.05) is 40.9 Å². The summed E-state index contributed by atoms with van der Waals surface area (Å²) in [5.74, 6) is 0.0922. The van der Waals surface area contributed by atoms with Crippen molar-refractivity contribution in [2.45, 2.75) is 33.6 Å². The molecule has 9 aromatic carbocycles. The first kappa shape index (κ1) is 27.4. The Morgan fingerprint density at radius 2 is 1.19 bits per heavy atom. The molecule has 0 saturated carbocycles. The summed E-state index contributed by atoms with van der Waals surface area (Å²) in [4.78, 5) is 4.87. The van der Waals surface area contributed by atoms with E-state index >= 15 is 0 Å². The van der Waals surface area contributed by atoms with Gasteiger partial charge in [-0.25, -0.2) is 4.98 Å². The van der Waals surface area contributed by atoms with E-state index < -0.39 is 120 Å². The van der Waals surface area contributed by atoms with E-state index in [0.29, 0.717) is 67.1 Å². The molecule has 13 aromatic rings. The first-order valence-electron chi connectivity index (χ1n) is 32.6. The summed E-state index contributed by atoms with van der Waals surface area (Å²) in [6.45, 7) is 7.81. The molecule has 0 spiro atoms. The van der Waals surface area contributed by atoms with E-state index in [2.05, 4.69) is 6.33 Å². The molecule has 4 heterocycles. The summed E-state index contributed by atoms with van der Waals surface area (Å²) >= 11 is 0. The van der Waals surface area contributed by atoms with Crippen LogP contribution in [0.1, 0.15) is 65.2 Å². The molecule has 0 radical (unpaired) electrons. The zero-order chi connectivity index (χ0) is 65.1. The Morgan fingerprint density at radius 3 is 1.90 bits per heavy atom.